The molecule has 9 nitrogen and oxygen atoms in total. The minimum Gasteiger partial charge on any atom is -0.444 e. The molecule has 220 valence electrons. The lowest BCUT2D eigenvalue weighted by Gasteiger charge is -2.22. The highest BCUT2D eigenvalue weighted by Gasteiger charge is 2.31. The number of carbonyl (C=O) groups excluding carboxylic acids is 2. The van der Waals surface area contributed by atoms with Crippen LogP contribution in [0.2, 0.25) is 5.02 Å². The summed E-state index contributed by atoms with van der Waals surface area (Å²) in [4.78, 5) is 29.4. The number of amides is 2. The summed E-state index contributed by atoms with van der Waals surface area (Å²) in [5, 5.41) is 8.00. The summed E-state index contributed by atoms with van der Waals surface area (Å²) in [6.45, 7) is 6.20. The van der Waals surface area contributed by atoms with Crippen LogP contribution in [-0.4, -0.2) is 66.1 Å². The van der Waals surface area contributed by atoms with Gasteiger partial charge in [-0.2, -0.15) is 5.10 Å². The SMILES string of the molecule is CC(C)(C)OC(=O)NC1CCN(C(=O)c2cc(-c3ccc(-c4cccc(S(C)(=O)=O)c4)s3)n(-c3ccccc3Cl)n2)C1. The molecule has 1 aliphatic rings. The fraction of sp³-hybridized carbons (Fsp3) is 0.300. The maximum absolute atomic E-state index is 13.6. The highest BCUT2D eigenvalue weighted by molar-refractivity contribution is 7.90. The third-order valence-corrected chi connectivity index (χ3v) is 9.20. The van der Waals surface area contributed by atoms with Crippen LogP contribution in [0.5, 0.6) is 0 Å². The average molecular weight is 627 g/mol. The molecule has 1 atom stereocenters. The Morgan fingerprint density at radius 2 is 1.79 bits per heavy atom. The number of halogens is 1. The second kappa shape index (κ2) is 11.5. The first-order chi connectivity index (χ1) is 19.8. The number of sulfone groups is 1. The van der Waals surface area contributed by atoms with Crippen molar-refractivity contribution >= 4 is 44.8 Å². The molecule has 1 aliphatic heterocycles. The van der Waals surface area contributed by atoms with Crippen LogP contribution in [0.1, 0.15) is 37.7 Å². The number of rotatable bonds is 6. The molecule has 2 aromatic heterocycles. The minimum atomic E-state index is -3.36. The smallest absolute Gasteiger partial charge is 0.407 e. The molecule has 0 bridgehead atoms. The Morgan fingerprint density at radius 3 is 2.50 bits per heavy atom. The molecule has 0 radical (unpaired) electrons. The highest BCUT2D eigenvalue weighted by atomic mass is 35.5. The lowest BCUT2D eigenvalue weighted by molar-refractivity contribution is 0.0502. The summed E-state index contributed by atoms with van der Waals surface area (Å²) in [5.74, 6) is -0.256. The number of benzene rings is 2. The third kappa shape index (κ3) is 6.69. The molecule has 2 amide bonds. The zero-order valence-corrected chi connectivity index (χ0v) is 26.0. The summed E-state index contributed by atoms with van der Waals surface area (Å²) in [5.41, 5.74) is 1.70. The molecule has 0 aliphatic carbocycles. The largest absolute Gasteiger partial charge is 0.444 e. The van der Waals surface area contributed by atoms with Crippen LogP contribution >= 0.6 is 22.9 Å². The summed E-state index contributed by atoms with van der Waals surface area (Å²) in [6.07, 6.45) is 1.27. The van der Waals surface area contributed by atoms with Crippen LogP contribution in [0.25, 0.3) is 26.7 Å². The van der Waals surface area contributed by atoms with Gasteiger partial charge in [0.15, 0.2) is 15.5 Å². The molecule has 5 rings (SSSR count). The Kier molecular flexibility index (Phi) is 8.19. The minimum absolute atomic E-state index is 0.225. The van der Waals surface area contributed by atoms with E-state index in [0.717, 1.165) is 15.3 Å². The predicted molar refractivity (Wildman–Crippen MR) is 164 cm³/mol. The van der Waals surface area contributed by atoms with Crippen molar-refractivity contribution in [1.29, 1.82) is 0 Å². The fourth-order valence-electron chi connectivity index (χ4n) is 4.68. The standard InChI is InChI=1S/C30H31ClN4O5S2/c1-30(2,3)40-29(37)32-20-14-15-34(18-20)28(36)23-17-25(35(33-23)24-11-6-5-10-22(24)31)27-13-12-26(41-27)19-8-7-9-21(16-19)42(4,38)39/h5-13,16-17,20H,14-15,18H2,1-4H3,(H,32,37). The molecular weight excluding hydrogens is 596 g/mol. The normalized spacial score (nSPS) is 15.5. The number of ether oxygens (including phenoxy) is 1. The molecular formula is C30H31ClN4O5S2. The number of alkyl carbamates (subject to hydrolysis) is 1. The van der Waals surface area contributed by atoms with Gasteiger partial charge in [-0.05, 0) is 75.2 Å². The van der Waals surface area contributed by atoms with E-state index in [2.05, 4.69) is 10.4 Å². The number of nitrogens with zero attached hydrogens (tertiary/aromatic N) is 3. The van der Waals surface area contributed by atoms with Gasteiger partial charge < -0.3 is 15.0 Å². The quantitative estimate of drug-likeness (QED) is 0.278. The highest BCUT2D eigenvalue weighted by Crippen LogP contribution is 2.37. The van der Waals surface area contributed by atoms with E-state index in [4.69, 9.17) is 16.3 Å². The number of hydrogen-bond acceptors (Lipinski definition) is 7. The van der Waals surface area contributed by atoms with E-state index in [-0.39, 0.29) is 22.5 Å². The average Bonchev–Trinajstić information content (AvgIpc) is 3.67. The first-order valence-corrected chi connectivity index (χ1v) is 16.4. The van der Waals surface area contributed by atoms with Crippen LogP contribution in [0.3, 0.4) is 0 Å². The van der Waals surface area contributed by atoms with E-state index >= 15 is 0 Å². The van der Waals surface area contributed by atoms with Crippen molar-refractivity contribution < 1.29 is 22.7 Å². The van der Waals surface area contributed by atoms with E-state index in [1.807, 2.05) is 36.4 Å². The second-order valence-corrected chi connectivity index (χ2v) is 14.6. The molecule has 1 N–H and O–H groups in total. The van der Waals surface area contributed by atoms with Crippen LogP contribution in [-0.2, 0) is 14.6 Å². The lowest BCUT2D eigenvalue weighted by Crippen LogP contribution is -2.41. The third-order valence-electron chi connectivity index (χ3n) is 6.61. The molecule has 42 heavy (non-hydrogen) atoms. The van der Waals surface area contributed by atoms with E-state index < -0.39 is 21.5 Å². The molecule has 2 aromatic carbocycles. The number of carbonyl (C=O) groups is 2. The summed E-state index contributed by atoms with van der Waals surface area (Å²) < 4.78 is 31.2. The van der Waals surface area contributed by atoms with E-state index in [1.54, 1.807) is 60.7 Å². The zero-order valence-electron chi connectivity index (χ0n) is 23.6. The van der Waals surface area contributed by atoms with Gasteiger partial charge in [0.05, 0.1) is 32.2 Å². The van der Waals surface area contributed by atoms with E-state index in [0.29, 0.717) is 35.9 Å². The molecule has 1 saturated heterocycles. The van der Waals surface area contributed by atoms with Crippen molar-refractivity contribution in [2.75, 3.05) is 19.3 Å². The number of aromatic nitrogens is 2. The molecule has 3 heterocycles. The molecule has 0 saturated carbocycles. The summed E-state index contributed by atoms with van der Waals surface area (Å²) in [7, 11) is -3.36. The van der Waals surface area contributed by atoms with E-state index in [1.165, 1.54) is 17.6 Å². The van der Waals surface area contributed by atoms with Gasteiger partial charge in [-0.1, -0.05) is 35.9 Å². The van der Waals surface area contributed by atoms with Gasteiger partial charge >= 0.3 is 6.09 Å². The van der Waals surface area contributed by atoms with Crippen molar-refractivity contribution in [2.24, 2.45) is 0 Å². The number of hydrogen-bond donors (Lipinski definition) is 1. The topological polar surface area (TPSA) is 111 Å². The van der Waals surface area contributed by atoms with Crippen molar-refractivity contribution in [1.82, 2.24) is 20.0 Å². The van der Waals surface area contributed by atoms with Crippen molar-refractivity contribution in [3.05, 3.63) is 77.4 Å². The summed E-state index contributed by atoms with van der Waals surface area (Å²) in [6, 6.07) is 19.4. The van der Waals surface area contributed by atoms with Gasteiger partial charge in [-0.3, -0.25) is 4.79 Å². The first kappa shape index (κ1) is 29.8. The summed E-state index contributed by atoms with van der Waals surface area (Å²) >= 11 is 8.00. The van der Waals surface area contributed by atoms with Crippen LogP contribution in [0.15, 0.2) is 71.6 Å². The molecule has 1 fully saturated rings. The van der Waals surface area contributed by atoms with Gasteiger partial charge in [0, 0.05) is 24.2 Å². The monoisotopic (exact) mass is 626 g/mol. The van der Waals surface area contributed by atoms with Crippen LogP contribution in [0.4, 0.5) is 4.79 Å². The van der Waals surface area contributed by atoms with Crippen molar-refractivity contribution in [2.45, 2.75) is 43.7 Å². The number of likely N-dealkylation sites (tertiary alicyclic amines) is 1. The lowest BCUT2D eigenvalue weighted by atomic mass is 10.2. The molecule has 4 aromatic rings. The predicted octanol–water partition coefficient (Wildman–Crippen LogP) is 6.06. The Balaban J connectivity index is 1.44. The van der Waals surface area contributed by atoms with Crippen LogP contribution < -0.4 is 5.32 Å². The van der Waals surface area contributed by atoms with Crippen molar-refractivity contribution in [3.8, 4) is 26.7 Å². The maximum Gasteiger partial charge on any atom is 0.407 e. The fourth-order valence-corrected chi connectivity index (χ4v) is 6.56. The number of thiophene rings is 1. The van der Waals surface area contributed by atoms with Gasteiger partial charge in [0.25, 0.3) is 5.91 Å². The molecule has 0 spiro atoms. The van der Waals surface area contributed by atoms with Gasteiger partial charge in [-0.15, -0.1) is 11.3 Å². The number of para-hydroxylation sites is 1. The van der Waals surface area contributed by atoms with E-state index in [9.17, 15) is 18.0 Å². The number of nitrogens with one attached hydrogen (secondary N) is 1. The van der Waals surface area contributed by atoms with Crippen LogP contribution in [0, 0.1) is 0 Å². The van der Waals surface area contributed by atoms with Crippen molar-refractivity contribution in [3.63, 3.8) is 0 Å². The van der Waals surface area contributed by atoms with Gasteiger partial charge in [-0.25, -0.2) is 17.9 Å². The van der Waals surface area contributed by atoms with Gasteiger partial charge in [0.2, 0.25) is 0 Å². The Labute approximate surface area is 254 Å². The Morgan fingerprint density at radius 1 is 1.05 bits per heavy atom. The zero-order chi connectivity index (χ0) is 30.2. The van der Waals surface area contributed by atoms with Gasteiger partial charge in [0.1, 0.15) is 5.60 Å². The second-order valence-electron chi connectivity index (χ2n) is 11.1. The Bertz CT molecular complexity index is 1760. The Hall–Kier alpha value is -3.67. The molecule has 12 heteroatoms. The maximum atomic E-state index is 13.6. The first-order valence-electron chi connectivity index (χ1n) is 13.3. The molecule has 1 unspecified atom stereocenters.